The zero-order chi connectivity index (χ0) is 14.9. The number of rotatable bonds is 14. The van der Waals surface area contributed by atoms with Gasteiger partial charge in [-0.05, 0) is 18.9 Å². The second-order valence-corrected chi connectivity index (χ2v) is 5.43. The molecule has 0 spiro atoms. The molecule has 0 unspecified atom stereocenters. The maximum absolute atomic E-state index is 10.1. The molecule has 0 bridgehead atoms. The van der Waals surface area contributed by atoms with Gasteiger partial charge >= 0.3 is 29.6 Å². The van der Waals surface area contributed by atoms with Crippen LogP contribution in [-0.2, 0) is 4.79 Å². The zero-order valence-corrected chi connectivity index (χ0v) is 16.1. The van der Waals surface area contributed by atoms with Crippen LogP contribution in [0.5, 0.6) is 0 Å². The van der Waals surface area contributed by atoms with Crippen LogP contribution in [0, 0.1) is 0 Å². The van der Waals surface area contributed by atoms with Gasteiger partial charge in [0.05, 0.1) is 5.97 Å². The molecule has 0 aromatic heterocycles. The van der Waals surface area contributed by atoms with Crippen LogP contribution in [0.3, 0.4) is 0 Å². The number of carbonyl (C=O) groups is 1. The average molecular weight is 302 g/mol. The zero-order valence-electron chi connectivity index (χ0n) is 14.1. The van der Waals surface area contributed by atoms with Gasteiger partial charge in [-0.1, -0.05) is 89.4 Å². The van der Waals surface area contributed by atoms with E-state index in [1.807, 2.05) is 6.08 Å². The van der Waals surface area contributed by atoms with Crippen LogP contribution in [0.2, 0.25) is 0 Å². The van der Waals surface area contributed by atoms with Gasteiger partial charge in [-0.2, -0.15) is 0 Å². The number of hydrogen-bond donors (Lipinski definition) is 0. The maximum Gasteiger partial charge on any atom is 1.00 e. The van der Waals surface area contributed by atoms with Crippen LogP contribution in [0.15, 0.2) is 24.3 Å². The molecule has 0 amide bonds. The first-order chi connectivity index (χ1) is 9.77. The van der Waals surface area contributed by atoms with E-state index in [1.54, 1.807) is 6.08 Å². The van der Waals surface area contributed by atoms with Crippen molar-refractivity contribution < 1.29 is 39.5 Å². The van der Waals surface area contributed by atoms with E-state index in [1.165, 1.54) is 76.7 Å². The summed E-state index contributed by atoms with van der Waals surface area (Å²) in [5.74, 6) is -1.13. The largest absolute Gasteiger partial charge is 1.00 e. The second kappa shape index (κ2) is 19.9. The molecule has 0 aliphatic rings. The summed E-state index contributed by atoms with van der Waals surface area (Å²) in [5, 5.41) is 10.1. The summed E-state index contributed by atoms with van der Waals surface area (Å²) in [6.45, 7) is 2.26. The van der Waals surface area contributed by atoms with Crippen LogP contribution in [0.4, 0.5) is 0 Å². The summed E-state index contributed by atoms with van der Waals surface area (Å²) in [7, 11) is 0. The first-order valence-electron chi connectivity index (χ1n) is 8.31. The molecule has 116 valence electrons. The van der Waals surface area contributed by atoms with Crippen LogP contribution in [0.1, 0.15) is 84.0 Å². The number of allylic oxidation sites excluding steroid dienone is 3. The fourth-order valence-electron chi connectivity index (χ4n) is 2.24. The van der Waals surface area contributed by atoms with Gasteiger partial charge in [0.1, 0.15) is 0 Å². The van der Waals surface area contributed by atoms with Crippen LogP contribution < -0.4 is 34.7 Å². The first kappa shape index (κ1) is 23.2. The Bertz CT molecular complexity index is 272. The smallest absolute Gasteiger partial charge is 0.545 e. The van der Waals surface area contributed by atoms with E-state index in [-0.39, 0.29) is 29.6 Å². The molecule has 0 aromatic carbocycles. The van der Waals surface area contributed by atoms with Gasteiger partial charge in [0.25, 0.3) is 0 Å². The summed E-state index contributed by atoms with van der Waals surface area (Å²) < 4.78 is 0. The number of carbonyl (C=O) groups excluding carboxylic acids is 1. The van der Waals surface area contributed by atoms with E-state index in [2.05, 4.69) is 6.92 Å². The van der Waals surface area contributed by atoms with E-state index in [9.17, 15) is 9.90 Å². The third kappa shape index (κ3) is 22.4. The summed E-state index contributed by atoms with van der Waals surface area (Å²) in [6.07, 6.45) is 22.3. The van der Waals surface area contributed by atoms with E-state index in [4.69, 9.17) is 0 Å². The Hall–Kier alpha value is -0.0500. The van der Waals surface area contributed by atoms with E-state index < -0.39 is 5.97 Å². The molecule has 0 aliphatic heterocycles. The predicted octanol–water partition coefficient (Wildman–Crippen LogP) is 1.55. The average Bonchev–Trinajstić information content (AvgIpc) is 2.43. The van der Waals surface area contributed by atoms with Crippen molar-refractivity contribution in [1.29, 1.82) is 0 Å². The monoisotopic (exact) mass is 302 g/mol. The van der Waals surface area contributed by atoms with Crippen molar-refractivity contribution in [2.75, 3.05) is 0 Å². The van der Waals surface area contributed by atoms with Gasteiger partial charge in [-0.25, -0.2) is 0 Å². The molecule has 0 fully saturated rings. The quantitative estimate of drug-likeness (QED) is 0.211. The van der Waals surface area contributed by atoms with Crippen LogP contribution in [-0.4, -0.2) is 5.97 Å². The number of carboxylic acid groups (broad SMARTS) is 1. The minimum Gasteiger partial charge on any atom is -0.545 e. The molecular weight excluding hydrogens is 271 g/mol. The molecule has 21 heavy (non-hydrogen) atoms. The molecule has 0 rings (SSSR count). The number of aliphatic carboxylic acids is 1. The van der Waals surface area contributed by atoms with Crippen molar-refractivity contribution in [3.05, 3.63) is 24.3 Å². The first-order valence-corrected chi connectivity index (χ1v) is 8.31. The molecule has 0 heterocycles. The fraction of sp³-hybridized carbons (Fsp3) is 0.722. The van der Waals surface area contributed by atoms with Crippen molar-refractivity contribution in [3.8, 4) is 0 Å². The van der Waals surface area contributed by atoms with Gasteiger partial charge in [0.15, 0.2) is 0 Å². The summed E-state index contributed by atoms with van der Waals surface area (Å²) >= 11 is 0. The van der Waals surface area contributed by atoms with Gasteiger partial charge in [0, 0.05) is 0 Å². The van der Waals surface area contributed by atoms with Gasteiger partial charge in [-0.15, -0.1) is 0 Å². The Morgan fingerprint density at radius 3 is 1.76 bits per heavy atom. The molecule has 0 aromatic rings. The third-order valence-corrected chi connectivity index (χ3v) is 3.45. The Morgan fingerprint density at radius 2 is 1.29 bits per heavy atom. The molecular formula is C18H31NaO2. The van der Waals surface area contributed by atoms with E-state index in [0.29, 0.717) is 0 Å². The Balaban J connectivity index is 0. The second-order valence-electron chi connectivity index (χ2n) is 5.43. The number of unbranched alkanes of at least 4 members (excludes halogenated alkanes) is 11. The molecule has 0 N–H and O–H groups in total. The van der Waals surface area contributed by atoms with Crippen LogP contribution in [0.25, 0.3) is 0 Å². The molecule has 0 saturated heterocycles. The molecule has 2 nitrogen and oxygen atoms in total. The standard InChI is InChI=1S/C18H32O2.Na/c1-2-3-4-5-6-7-8-9-10-11-12-13-14-15-16-17-18(19)20;/h14-17H,2-13H2,1H3,(H,19,20);/q;+1/p-1/b15-14?,17-16-;. The van der Waals surface area contributed by atoms with E-state index in [0.717, 1.165) is 12.5 Å². The van der Waals surface area contributed by atoms with Gasteiger partial charge in [-0.3, -0.25) is 0 Å². The van der Waals surface area contributed by atoms with Crippen molar-refractivity contribution in [3.63, 3.8) is 0 Å². The molecule has 0 saturated carbocycles. The normalized spacial score (nSPS) is 11.1. The fourth-order valence-corrected chi connectivity index (χ4v) is 2.24. The Morgan fingerprint density at radius 1 is 0.810 bits per heavy atom. The van der Waals surface area contributed by atoms with Gasteiger partial charge < -0.3 is 9.90 Å². The third-order valence-electron chi connectivity index (χ3n) is 3.45. The van der Waals surface area contributed by atoms with Crippen LogP contribution >= 0.6 is 0 Å². The topological polar surface area (TPSA) is 40.1 Å². The summed E-state index contributed by atoms with van der Waals surface area (Å²) in [4.78, 5) is 10.1. The minimum atomic E-state index is -1.13. The van der Waals surface area contributed by atoms with Crippen molar-refractivity contribution in [2.45, 2.75) is 84.0 Å². The van der Waals surface area contributed by atoms with Crippen molar-refractivity contribution in [2.24, 2.45) is 0 Å². The van der Waals surface area contributed by atoms with Gasteiger partial charge in [0.2, 0.25) is 0 Å². The summed E-state index contributed by atoms with van der Waals surface area (Å²) in [6, 6.07) is 0. The number of carboxylic acids is 1. The van der Waals surface area contributed by atoms with E-state index >= 15 is 0 Å². The minimum absolute atomic E-state index is 0. The van der Waals surface area contributed by atoms with Crippen molar-refractivity contribution in [1.82, 2.24) is 0 Å². The summed E-state index contributed by atoms with van der Waals surface area (Å²) in [5.41, 5.74) is 0. The maximum atomic E-state index is 10.1. The molecule has 0 aliphatic carbocycles. The van der Waals surface area contributed by atoms with Crippen molar-refractivity contribution >= 4 is 5.97 Å². The SMILES string of the molecule is CCCCCCCCCCCCCC=C/C=C\C(=O)[O-].[Na+]. The Kier molecular flexibility index (Phi) is 22.1. The Labute approximate surface area is 153 Å². The molecule has 3 heteroatoms. The number of hydrogen-bond acceptors (Lipinski definition) is 2. The predicted molar refractivity (Wildman–Crippen MR) is 84.4 cm³/mol. The molecule has 0 atom stereocenters. The molecule has 0 radical (unpaired) electrons.